The summed E-state index contributed by atoms with van der Waals surface area (Å²) >= 11 is 0. The first-order valence-corrected chi connectivity index (χ1v) is 8.91. The van der Waals surface area contributed by atoms with E-state index in [1.807, 2.05) is 6.92 Å². The summed E-state index contributed by atoms with van der Waals surface area (Å²) in [6, 6.07) is 5.48. The van der Waals surface area contributed by atoms with Gasteiger partial charge in [-0.3, -0.25) is 9.36 Å². The molecule has 0 spiro atoms. The van der Waals surface area contributed by atoms with Crippen LogP contribution in [0.15, 0.2) is 47.7 Å². The first-order valence-electron chi connectivity index (χ1n) is 8.91. The van der Waals surface area contributed by atoms with Crippen LogP contribution in [-0.2, 0) is 6.54 Å². The van der Waals surface area contributed by atoms with Gasteiger partial charge in [0.1, 0.15) is 11.3 Å². The van der Waals surface area contributed by atoms with Gasteiger partial charge in [0.05, 0.1) is 24.6 Å². The smallest absolute Gasteiger partial charge is 0.406 e. The molecule has 0 saturated heterocycles. The predicted molar refractivity (Wildman–Crippen MR) is 101 cm³/mol. The molecule has 30 heavy (non-hydrogen) atoms. The summed E-state index contributed by atoms with van der Waals surface area (Å²) in [5.41, 5.74) is 2.17. The molecule has 0 N–H and O–H groups in total. The summed E-state index contributed by atoms with van der Waals surface area (Å²) < 4.78 is 42.8. The van der Waals surface area contributed by atoms with Crippen molar-refractivity contribution in [2.45, 2.75) is 26.8 Å². The van der Waals surface area contributed by atoms with Gasteiger partial charge in [-0.1, -0.05) is 0 Å². The minimum Gasteiger partial charge on any atom is -0.406 e. The molecular weight excluding hydrogens is 401 g/mol. The number of ether oxygens (including phenoxy) is 1. The van der Waals surface area contributed by atoms with Crippen LogP contribution in [0.1, 0.15) is 12.5 Å². The van der Waals surface area contributed by atoms with Crippen molar-refractivity contribution in [2.24, 2.45) is 0 Å². The van der Waals surface area contributed by atoms with E-state index in [1.54, 1.807) is 19.2 Å². The van der Waals surface area contributed by atoms with Crippen molar-refractivity contribution >= 4 is 11.0 Å². The highest BCUT2D eigenvalue weighted by Crippen LogP contribution is 2.28. The zero-order chi connectivity index (χ0) is 21.5. The van der Waals surface area contributed by atoms with Crippen molar-refractivity contribution in [1.82, 2.24) is 29.8 Å². The maximum absolute atomic E-state index is 13.1. The Balaban J connectivity index is 1.94. The fourth-order valence-electron chi connectivity index (χ4n) is 3.11. The number of hydrogen-bond donors (Lipinski definition) is 0. The molecule has 8 nitrogen and oxygen atoms in total. The third-order valence-corrected chi connectivity index (χ3v) is 4.43. The van der Waals surface area contributed by atoms with Crippen molar-refractivity contribution in [3.05, 3.63) is 58.8 Å². The van der Waals surface area contributed by atoms with E-state index >= 15 is 0 Å². The summed E-state index contributed by atoms with van der Waals surface area (Å²) in [6.45, 7) is 3.89. The van der Waals surface area contributed by atoms with Gasteiger partial charge in [0.15, 0.2) is 5.52 Å². The van der Waals surface area contributed by atoms with Gasteiger partial charge in [-0.05, 0) is 43.7 Å². The minimum absolute atomic E-state index is 0.140. The molecular formula is C19H15F3N6O2. The molecule has 0 aliphatic heterocycles. The van der Waals surface area contributed by atoms with Crippen LogP contribution >= 0.6 is 0 Å². The highest BCUT2D eigenvalue weighted by molar-refractivity contribution is 5.90. The molecule has 0 radical (unpaired) electrons. The molecule has 0 saturated carbocycles. The van der Waals surface area contributed by atoms with E-state index < -0.39 is 11.9 Å². The second-order valence-electron chi connectivity index (χ2n) is 6.43. The third kappa shape index (κ3) is 3.61. The number of aromatic nitrogens is 6. The van der Waals surface area contributed by atoms with Crippen LogP contribution in [-0.4, -0.2) is 36.1 Å². The minimum atomic E-state index is -4.80. The van der Waals surface area contributed by atoms with Crippen molar-refractivity contribution < 1.29 is 17.9 Å². The van der Waals surface area contributed by atoms with Crippen LogP contribution in [0.5, 0.6) is 5.75 Å². The van der Waals surface area contributed by atoms with E-state index in [2.05, 4.69) is 25.1 Å². The summed E-state index contributed by atoms with van der Waals surface area (Å²) in [6.07, 6.45) is -0.191. The van der Waals surface area contributed by atoms with Crippen molar-refractivity contribution in [3.63, 3.8) is 0 Å². The lowest BCUT2D eigenvalue weighted by Crippen LogP contribution is -2.20. The lowest BCUT2D eigenvalue weighted by Gasteiger charge is -2.14. The first kappa shape index (κ1) is 19.6. The van der Waals surface area contributed by atoms with E-state index in [0.717, 1.165) is 6.07 Å². The van der Waals surface area contributed by atoms with Gasteiger partial charge in [-0.15, -0.1) is 18.3 Å². The fourth-order valence-corrected chi connectivity index (χ4v) is 3.11. The zero-order valence-electron chi connectivity index (χ0n) is 15.9. The summed E-state index contributed by atoms with van der Waals surface area (Å²) in [7, 11) is 0. The lowest BCUT2D eigenvalue weighted by atomic mass is 10.1. The monoisotopic (exact) mass is 416 g/mol. The molecule has 0 unspecified atom stereocenters. The van der Waals surface area contributed by atoms with E-state index in [9.17, 15) is 18.0 Å². The van der Waals surface area contributed by atoms with E-state index in [0.29, 0.717) is 34.4 Å². The van der Waals surface area contributed by atoms with Crippen LogP contribution in [0.2, 0.25) is 0 Å². The summed E-state index contributed by atoms with van der Waals surface area (Å²) in [4.78, 5) is 14.5. The maximum atomic E-state index is 13.1. The Hall–Kier alpha value is -3.76. The number of aryl methyl sites for hydroxylation is 2. The quantitative estimate of drug-likeness (QED) is 0.508. The molecule has 3 aromatic heterocycles. The van der Waals surface area contributed by atoms with Gasteiger partial charge >= 0.3 is 6.36 Å². The van der Waals surface area contributed by atoms with Gasteiger partial charge in [-0.2, -0.15) is 20.1 Å². The molecule has 154 valence electrons. The highest BCUT2D eigenvalue weighted by Gasteiger charge is 2.31. The van der Waals surface area contributed by atoms with Gasteiger partial charge in [0.2, 0.25) is 0 Å². The Bertz CT molecular complexity index is 1280. The van der Waals surface area contributed by atoms with Gasteiger partial charge in [-0.25, -0.2) is 0 Å². The number of pyridine rings is 1. The highest BCUT2D eigenvalue weighted by atomic mass is 19.4. The van der Waals surface area contributed by atoms with Gasteiger partial charge < -0.3 is 4.74 Å². The normalized spacial score (nSPS) is 11.8. The Labute approximate surface area is 167 Å². The predicted octanol–water partition coefficient (Wildman–Crippen LogP) is 3.27. The van der Waals surface area contributed by atoms with E-state index in [4.69, 9.17) is 0 Å². The van der Waals surface area contributed by atoms with Crippen LogP contribution in [0.4, 0.5) is 13.2 Å². The number of benzene rings is 1. The summed E-state index contributed by atoms with van der Waals surface area (Å²) in [5.74, 6) is -0.367. The molecule has 3 heterocycles. The second-order valence-corrected chi connectivity index (χ2v) is 6.43. The second kappa shape index (κ2) is 7.25. The maximum Gasteiger partial charge on any atom is 0.573 e. The number of fused-ring (bicyclic) bond motifs is 1. The molecule has 1 aromatic carbocycles. The first-order chi connectivity index (χ1) is 14.3. The SMILES string of the molecule is CCn1nc2c(-c3ccnnc3)cn(-c3ccc(OC(F)(F)F)cc3C)c(=O)c2n1. The molecule has 4 rings (SSSR count). The Morgan fingerprint density at radius 2 is 1.87 bits per heavy atom. The van der Waals surface area contributed by atoms with Gasteiger partial charge in [0.25, 0.3) is 5.56 Å². The Kier molecular flexibility index (Phi) is 4.72. The van der Waals surface area contributed by atoms with Crippen LogP contribution in [0.3, 0.4) is 0 Å². The van der Waals surface area contributed by atoms with Gasteiger partial charge in [0, 0.05) is 17.3 Å². The van der Waals surface area contributed by atoms with Crippen molar-refractivity contribution in [2.75, 3.05) is 0 Å². The number of hydrogen-bond acceptors (Lipinski definition) is 6. The van der Waals surface area contributed by atoms with Crippen molar-refractivity contribution in [3.8, 4) is 22.6 Å². The largest absolute Gasteiger partial charge is 0.573 e. The number of nitrogens with zero attached hydrogens (tertiary/aromatic N) is 6. The molecule has 0 amide bonds. The molecule has 0 aliphatic rings. The van der Waals surface area contributed by atoms with E-state index in [1.165, 1.54) is 33.9 Å². The topological polar surface area (TPSA) is 87.7 Å². The van der Waals surface area contributed by atoms with E-state index in [-0.39, 0.29) is 11.3 Å². The third-order valence-electron chi connectivity index (χ3n) is 4.43. The van der Waals surface area contributed by atoms with Crippen LogP contribution in [0, 0.1) is 6.92 Å². The molecule has 0 atom stereocenters. The van der Waals surface area contributed by atoms with Crippen molar-refractivity contribution in [1.29, 1.82) is 0 Å². The average Bonchev–Trinajstić information content (AvgIpc) is 3.13. The number of rotatable bonds is 4. The van der Waals surface area contributed by atoms with Crippen LogP contribution in [0.25, 0.3) is 27.8 Å². The zero-order valence-corrected chi connectivity index (χ0v) is 15.9. The Morgan fingerprint density at radius 3 is 2.50 bits per heavy atom. The molecule has 0 aliphatic carbocycles. The Morgan fingerprint density at radius 1 is 1.10 bits per heavy atom. The number of alkyl halides is 3. The van der Waals surface area contributed by atoms with Crippen LogP contribution < -0.4 is 10.3 Å². The molecule has 0 bridgehead atoms. The molecule has 4 aromatic rings. The fraction of sp³-hybridized carbons (Fsp3) is 0.211. The molecule has 0 fully saturated rings. The lowest BCUT2D eigenvalue weighted by molar-refractivity contribution is -0.274. The average molecular weight is 416 g/mol. The number of halogens is 3. The molecule has 11 heteroatoms. The standard InChI is InChI=1S/C19H15F3N6O2/c1-3-28-25-16-14(12-6-7-23-24-9-12)10-27(18(29)17(16)26-28)15-5-4-13(8-11(15)2)30-19(20,21)22/h4-10H,3H2,1-2H3. The summed E-state index contributed by atoms with van der Waals surface area (Å²) in [5, 5.41) is 16.3.